The standard InChI is InChI=1S/C19H24O3/c20-17-13-18(21)22-19(14-17,16-10-4-5-11-16)12-6-9-15-7-2-1-3-8-15/h1-3,7-8,16H,4-6,9-14H2. The van der Waals surface area contributed by atoms with Gasteiger partial charge in [0.05, 0.1) is 0 Å². The van der Waals surface area contributed by atoms with Gasteiger partial charge < -0.3 is 4.74 Å². The van der Waals surface area contributed by atoms with E-state index in [4.69, 9.17) is 4.74 Å². The summed E-state index contributed by atoms with van der Waals surface area (Å²) >= 11 is 0. The van der Waals surface area contributed by atoms with Crippen molar-refractivity contribution in [1.82, 2.24) is 0 Å². The second-order valence-electron chi connectivity index (χ2n) is 6.75. The first-order chi connectivity index (χ1) is 10.7. The van der Waals surface area contributed by atoms with Gasteiger partial charge in [-0.1, -0.05) is 43.2 Å². The van der Waals surface area contributed by atoms with E-state index in [0.717, 1.165) is 32.1 Å². The van der Waals surface area contributed by atoms with Crippen molar-refractivity contribution in [2.75, 3.05) is 0 Å². The predicted octanol–water partition coefficient (Wildman–Crippen LogP) is 3.84. The number of carbonyl (C=O) groups excluding carboxylic acids is 2. The van der Waals surface area contributed by atoms with E-state index in [-0.39, 0.29) is 18.2 Å². The molecule has 0 N–H and O–H groups in total. The summed E-state index contributed by atoms with van der Waals surface area (Å²) in [6, 6.07) is 10.4. The molecule has 1 saturated heterocycles. The van der Waals surface area contributed by atoms with Gasteiger partial charge in [0.1, 0.15) is 17.8 Å². The summed E-state index contributed by atoms with van der Waals surface area (Å²) in [5, 5.41) is 0. The molecule has 0 bridgehead atoms. The average Bonchev–Trinajstić information content (AvgIpc) is 3.02. The van der Waals surface area contributed by atoms with E-state index >= 15 is 0 Å². The number of hydrogen-bond donors (Lipinski definition) is 0. The molecule has 3 heteroatoms. The Morgan fingerprint density at radius 3 is 2.50 bits per heavy atom. The number of cyclic esters (lactones) is 1. The number of rotatable bonds is 5. The number of Topliss-reactive ketones (excluding diaryl/α,β-unsaturated/α-hetero) is 1. The Morgan fingerprint density at radius 2 is 1.82 bits per heavy atom. The van der Waals surface area contributed by atoms with E-state index in [9.17, 15) is 9.59 Å². The molecule has 1 aromatic carbocycles. The van der Waals surface area contributed by atoms with E-state index in [2.05, 4.69) is 12.1 Å². The lowest BCUT2D eigenvalue weighted by Gasteiger charge is -2.41. The molecule has 1 unspecified atom stereocenters. The minimum Gasteiger partial charge on any atom is -0.458 e. The maximum absolute atomic E-state index is 12.0. The highest BCUT2D eigenvalue weighted by Gasteiger charge is 2.47. The summed E-state index contributed by atoms with van der Waals surface area (Å²) in [6.07, 6.45) is 7.70. The van der Waals surface area contributed by atoms with Gasteiger partial charge in [0.15, 0.2) is 0 Å². The molecule has 3 nitrogen and oxygen atoms in total. The van der Waals surface area contributed by atoms with Gasteiger partial charge in [-0.3, -0.25) is 9.59 Å². The van der Waals surface area contributed by atoms with Gasteiger partial charge in [0.2, 0.25) is 0 Å². The van der Waals surface area contributed by atoms with Crippen LogP contribution < -0.4 is 0 Å². The highest BCUT2D eigenvalue weighted by molar-refractivity contribution is 5.98. The van der Waals surface area contributed by atoms with Crippen LogP contribution >= 0.6 is 0 Å². The Hall–Kier alpha value is -1.64. The predicted molar refractivity (Wildman–Crippen MR) is 84.4 cm³/mol. The quantitative estimate of drug-likeness (QED) is 0.613. The monoisotopic (exact) mass is 300 g/mol. The number of esters is 1. The summed E-state index contributed by atoms with van der Waals surface area (Å²) < 4.78 is 5.81. The molecule has 3 rings (SSSR count). The molecule has 0 aromatic heterocycles. The molecule has 0 spiro atoms. The van der Waals surface area contributed by atoms with Crippen LogP contribution in [0, 0.1) is 5.92 Å². The second-order valence-corrected chi connectivity index (χ2v) is 6.75. The van der Waals surface area contributed by atoms with Crippen molar-refractivity contribution in [2.45, 2.75) is 63.4 Å². The lowest BCUT2D eigenvalue weighted by molar-refractivity contribution is -0.178. The van der Waals surface area contributed by atoms with E-state index in [1.807, 2.05) is 18.2 Å². The summed E-state index contributed by atoms with van der Waals surface area (Å²) in [5.41, 5.74) is 0.787. The Labute approximate surface area is 132 Å². The fourth-order valence-electron chi connectivity index (χ4n) is 4.12. The van der Waals surface area contributed by atoms with Crippen molar-refractivity contribution < 1.29 is 14.3 Å². The van der Waals surface area contributed by atoms with Crippen LogP contribution in [-0.4, -0.2) is 17.4 Å². The summed E-state index contributed by atoms with van der Waals surface area (Å²) in [5.74, 6) is 0.113. The third kappa shape index (κ3) is 3.40. The van der Waals surface area contributed by atoms with Gasteiger partial charge in [-0.05, 0) is 43.6 Å². The van der Waals surface area contributed by atoms with Crippen molar-refractivity contribution in [2.24, 2.45) is 5.92 Å². The minimum atomic E-state index is -0.516. The molecule has 1 aliphatic carbocycles. The number of ether oxygens (including phenoxy) is 1. The van der Waals surface area contributed by atoms with Crippen LogP contribution in [0.15, 0.2) is 30.3 Å². The van der Waals surface area contributed by atoms with E-state index in [0.29, 0.717) is 12.3 Å². The Kier molecular flexibility index (Phi) is 4.60. The van der Waals surface area contributed by atoms with Gasteiger partial charge in [-0.15, -0.1) is 0 Å². The zero-order valence-corrected chi connectivity index (χ0v) is 13.1. The Morgan fingerprint density at radius 1 is 1.09 bits per heavy atom. The third-order valence-electron chi connectivity index (χ3n) is 5.16. The molecule has 0 radical (unpaired) electrons. The molecular weight excluding hydrogens is 276 g/mol. The molecule has 2 aliphatic rings. The first kappa shape index (κ1) is 15.3. The van der Waals surface area contributed by atoms with Crippen LogP contribution in [0.3, 0.4) is 0 Å². The first-order valence-corrected chi connectivity index (χ1v) is 8.45. The molecule has 1 heterocycles. The molecule has 1 saturated carbocycles. The maximum atomic E-state index is 12.0. The van der Waals surface area contributed by atoms with Gasteiger partial charge in [0, 0.05) is 6.42 Å². The van der Waals surface area contributed by atoms with Crippen molar-refractivity contribution in [3.05, 3.63) is 35.9 Å². The molecule has 22 heavy (non-hydrogen) atoms. The zero-order valence-electron chi connectivity index (χ0n) is 13.1. The van der Waals surface area contributed by atoms with Crippen LogP contribution in [0.2, 0.25) is 0 Å². The number of carbonyl (C=O) groups is 2. The summed E-state index contributed by atoms with van der Waals surface area (Å²) in [4.78, 5) is 23.8. The number of benzene rings is 1. The highest BCUT2D eigenvalue weighted by atomic mass is 16.6. The van der Waals surface area contributed by atoms with Crippen LogP contribution in [0.25, 0.3) is 0 Å². The number of ketones is 1. The van der Waals surface area contributed by atoms with Crippen molar-refractivity contribution in [3.63, 3.8) is 0 Å². The normalized spacial score (nSPS) is 26.2. The number of hydrogen-bond acceptors (Lipinski definition) is 3. The fraction of sp³-hybridized carbons (Fsp3) is 0.579. The van der Waals surface area contributed by atoms with Gasteiger partial charge in [-0.25, -0.2) is 0 Å². The van der Waals surface area contributed by atoms with Gasteiger partial charge in [-0.2, -0.15) is 0 Å². The van der Waals surface area contributed by atoms with E-state index < -0.39 is 5.60 Å². The van der Waals surface area contributed by atoms with Crippen LogP contribution in [0.5, 0.6) is 0 Å². The van der Waals surface area contributed by atoms with Gasteiger partial charge >= 0.3 is 5.97 Å². The summed E-state index contributed by atoms with van der Waals surface area (Å²) in [6.45, 7) is 0. The molecule has 118 valence electrons. The minimum absolute atomic E-state index is 0.0346. The van der Waals surface area contributed by atoms with Crippen molar-refractivity contribution >= 4 is 11.8 Å². The lowest BCUT2D eigenvalue weighted by Crippen LogP contribution is -2.47. The lowest BCUT2D eigenvalue weighted by atomic mass is 9.76. The zero-order chi connectivity index (χ0) is 15.4. The molecule has 2 fully saturated rings. The molecule has 1 aliphatic heterocycles. The maximum Gasteiger partial charge on any atom is 0.313 e. The van der Waals surface area contributed by atoms with Crippen LogP contribution in [0.4, 0.5) is 0 Å². The summed E-state index contributed by atoms with van der Waals surface area (Å²) in [7, 11) is 0. The highest BCUT2D eigenvalue weighted by Crippen LogP contribution is 2.44. The largest absolute Gasteiger partial charge is 0.458 e. The van der Waals surface area contributed by atoms with Crippen molar-refractivity contribution in [1.29, 1.82) is 0 Å². The fourth-order valence-corrected chi connectivity index (χ4v) is 4.12. The first-order valence-electron chi connectivity index (χ1n) is 8.45. The smallest absolute Gasteiger partial charge is 0.313 e. The van der Waals surface area contributed by atoms with Crippen LogP contribution in [0.1, 0.15) is 56.9 Å². The van der Waals surface area contributed by atoms with Crippen LogP contribution in [-0.2, 0) is 20.7 Å². The Bertz CT molecular complexity index is 513. The SMILES string of the molecule is O=C1CC(=O)OC(CCCc2ccccc2)(C2CCCC2)C1. The molecule has 1 aromatic rings. The van der Waals surface area contributed by atoms with Gasteiger partial charge in [0.25, 0.3) is 0 Å². The topological polar surface area (TPSA) is 43.4 Å². The average molecular weight is 300 g/mol. The van der Waals surface area contributed by atoms with E-state index in [1.54, 1.807) is 0 Å². The van der Waals surface area contributed by atoms with Crippen molar-refractivity contribution in [3.8, 4) is 0 Å². The molecule has 1 atom stereocenters. The Balaban J connectivity index is 1.68. The third-order valence-corrected chi connectivity index (χ3v) is 5.16. The van der Waals surface area contributed by atoms with E-state index in [1.165, 1.54) is 18.4 Å². The second kappa shape index (κ2) is 6.64. The molecule has 0 amide bonds. The molecular formula is C19H24O3. The number of aryl methyl sites for hydroxylation is 1.